The van der Waals surface area contributed by atoms with Gasteiger partial charge >= 0.3 is 0 Å². The molecule has 2 heteroatoms. The van der Waals surface area contributed by atoms with Crippen molar-refractivity contribution < 1.29 is 0 Å². The van der Waals surface area contributed by atoms with Gasteiger partial charge in [-0.1, -0.05) is 264 Å². The molecule has 410 valence electrons. The van der Waals surface area contributed by atoms with E-state index in [1.165, 1.54) is 121 Å². The Morgan fingerprint density at radius 2 is 0.701 bits per heavy atom. The van der Waals surface area contributed by atoms with Crippen molar-refractivity contribution in [2.45, 2.75) is 38.5 Å². The maximum atomic E-state index is 3.84. The Labute approximate surface area is 508 Å². The van der Waals surface area contributed by atoms with Gasteiger partial charge in [-0.15, -0.1) is 0 Å². The van der Waals surface area contributed by atoms with Crippen molar-refractivity contribution in [1.29, 1.82) is 0 Å². The van der Waals surface area contributed by atoms with E-state index >= 15 is 0 Å². The third-order valence-electron chi connectivity index (χ3n) is 19.4. The molecule has 0 unspecified atom stereocenters. The van der Waals surface area contributed by atoms with E-state index in [0.717, 1.165) is 45.3 Å². The molecule has 17 rings (SSSR count). The highest BCUT2D eigenvalue weighted by atomic mass is 15.2. The highest BCUT2D eigenvalue weighted by Gasteiger charge is 2.38. The Kier molecular flexibility index (Phi) is 11.3. The van der Waals surface area contributed by atoms with E-state index in [-0.39, 0.29) is 10.8 Å². The summed E-state index contributed by atoms with van der Waals surface area (Å²) >= 11 is 0. The molecule has 87 heavy (non-hydrogen) atoms. The Morgan fingerprint density at radius 3 is 1.21 bits per heavy atom. The van der Waals surface area contributed by atoms with Crippen LogP contribution in [0.2, 0.25) is 0 Å². The normalized spacial score (nSPS) is 14.0. The van der Waals surface area contributed by atoms with E-state index < -0.39 is 0 Å². The standard InChI is InChI=1S/C85H60N2/c1-84(2)74-36-16-14-34-66(74)68-46-42-58(50-76(68)84)82-71-49-45-61(87(80-40-20-28-56-24-7-12-32-64(56)80)81-41-21-29-57-25-8-13-33-65(57)81)53-73(71)83(59-43-47-69-67-35-15-17-37-75(67)85(3,4)77(69)51-59)70-48-44-60(52-72(70)82)86(79-39-19-27-55-23-6-11-31-63(55)79)78-38-18-9-26-54-22-5-10-30-62(54)78/h5-37,39-53H,1-4H3. The average Bonchev–Trinajstić information content (AvgIpc) is 1.79. The summed E-state index contributed by atoms with van der Waals surface area (Å²) in [5, 5.41) is 11.8. The molecule has 14 aromatic rings. The van der Waals surface area contributed by atoms with Crippen LogP contribution >= 0.6 is 0 Å². The fourth-order valence-electron chi connectivity index (χ4n) is 15.2. The van der Waals surface area contributed by atoms with E-state index in [4.69, 9.17) is 0 Å². The second kappa shape index (κ2) is 19.4. The van der Waals surface area contributed by atoms with Gasteiger partial charge in [-0.25, -0.2) is 0 Å². The van der Waals surface area contributed by atoms with E-state index in [0.29, 0.717) is 0 Å². The summed E-state index contributed by atoms with van der Waals surface area (Å²) < 4.78 is 0. The number of anilines is 5. The maximum Gasteiger partial charge on any atom is 0.0970 e. The lowest BCUT2D eigenvalue weighted by Gasteiger charge is -2.30. The van der Waals surface area contributed by atoms with Crippen LogP contribution in [-0.2, 0) is 10.8 Å². The van der Waals surface area contributed by atoms with E-state index in [2.05, 4.69) is 334 Å². The molecule has 0 fully saturated rings. The molecule has 0 N–H and O–H groups in total. The summed E-state index contributed by atoms with van der Waals surface area (Å²) in [6, 6.07) is 103. The Bertz CT molecular complexity index is 5260. The number of hydrogen-bond donors (Lipinski definition) is 0. The van der Waals surface area contributed by atoms with E-state index in [1.54, 1.807) is 0 Å². The Balaban J connectivity index is 1.01. The summed E-state index contributed by atoms with van der Waals surface area (Å²) in [5.74, 6) is 0. The minimum Gasteiger partial charge on any atom is -0.309 e. The number of allylic oxidation sites excluding steroid dienone is 2. The van der Waals surface area contributed by atoms with E-state index in [1.807, 2.05) is 0 Å². The molecular weight excluding hydrogens is 1050 g/mol. The smallest absolute Gasteiger partial charge is 0.0970 e. The van der Waals surface area contributed by atoms with Crippen LogP contribution in [-0.4, -0.2) is 0 Å². The predicted octanol–water partition coefficient (Wildman–Crippen LogP) is 23.2. The van der Waals surface area contributed by atoms with Gasteiger partial charge in [0, 0.05) is 43.9 Å². The fraction of sp³-hybridized carbons (Fsp3) is 0.0706. The summed E-state index contributed by atoms with van der Waals surface area (Å²) in [6.45, 7) is 9.60. The second-order valence-electron chi connectivity index (χ2n) is 24.8. The lowest BCUT2D eigenvalue weighted by Crippen LogP contribution is -2.16. The highest BCUT2D eigenvalue weighted by molar-refractivity contribution is 6.23. The van der Waals surface area contributed by atoms with Gasteiger partial charge in [0.05, 0.1) is 22.8 Å². The largest absolute Gasteiger partial charge is 0.309 e. The molecule has 0 spiro atoms. The van der Waals surface area contributed by atoms with Crippen molar-refractivity contribution in [3.05, 3.63) is 324 Å². The number of fused-ring (bicyclic) bond motifs is 12. The van der Waals surface area contributed by atoms with Crippen LogP contribution < -0.4 is 9.80 Å². The molecule has 3 aliphatic rings. The van der Waals surface area contributed by atoms with Crippen LogP contribution in [0.4, 0.5) is 28.4 Å². The summed E-state index contributed by atoms with van der Waals surface area (Å²) in [5.41, 5.74) is 27.5. The summed E-state index contributed by atoms with van der Waals surface area (Å²) in [6.07, 6.45) is 6.39. The lowest BCUT2D eigenvalue weighted by molar-refractivity contribution is 0.660. The van der Waals surface area contributed by atoms with Crippen molar-refractivity contribution in [3.8, 4) is 44.5 Å². The molecule has 0 radical (unpaired) electrons. The van der Waals surface area contributed by atoms with Gasteiger partial charge in [0.2, 0.25) is 0 Å². The van der Waals surface area contributed by atoms with Gasteiger partial charge in [0.15, 0.2) is 0 Å². The van der Waals surface area contributed by atoms with Gasteiger partial charge in [-0.3, -0.25) is 0 Å². The minimum atomic E-state index is -0.219. The molecule has 0 aromatic heterocycles. The predicted molar refractivity (Wildman–Crippen MR) is 370 cm³/mol. The summed E-state index contributed by atoms with van der Waals surface area (Å²) in [4.78, 5) is 4.98. The quantitative estimate of drug-likeness (QED) is 0.111. The van der Waals surface area contributed by atoms with E-state index in [9.17, 15) is 0 Å². The van der Waals surface area contributed by atoms with Crippen molar-refractivity contribution in [1.82, 2.24) is 0 Å². The van der Waals surface area contributed by atoms with Crippen molar-refractivity contribution in [2.75, 3.05) is 9.80 Å². The van der Waals surface area contributed by atoms with Crippen LogP contribution in [0.25, 0.3) is 110 Å². The third-order valence-corrected chi connectivity index (χ3v) is 19.4. The average molecular weight is 1110 g/mol. The van der Waals surface area contributed by atoms with Crippen molar-refractivity contribution >= 4 is 94.1 Å². The molecule has 3 aliphatic carbocycles. The Morgan fingerprint density at radius 1 is 0.299 bits per heavy atom. The summed E-state index contributed by atoms with van der Waals surface area (Å²) in [7, 11) is 0. The first-order valence-corrected chi connectivity index (χ1v) is 30.5. The molecule has 2 nitrogen and oxygen atoms in total. The minimum absolute atomic E-state index is 0.218. The zero-order valence-electron chi connectivity index (χ0n) is 49.1. The Hall–Kier alpha value is -10.8. The number of rotatable bonds is 8. The van der Waals surface area contributed by atoms with Gasteiger partial charge in [0.1, 0.15) is 0 Å². The van der Waals surface area contributed by atoms with Crippen LogP contribution in [0.5, 0.6) is 0 Å². The highest BCUT2D eigenvalue weighted by Crippen LogP contribution is 2.56. The molecule has 0 saturated carbocycles. The van der Waals surface area contributed by atoms with Crippen molar-refractivity contribution in [2.24, 2.45) is 0 Å². The number of benzene rings is 14. The molecular formula is C85H60N2. The first kappa shape index (κ1) is 50.7. The first-order valence-electron chi connectivity index (χ1n) is 30.5. The molecule has 0 saturated heterocycles. The zero-order valence-corrected chi connectivity index (χ0v) is 49.1. The van der Waals surface area contributed by atoms with Gasteiger partial charge in [-0.05, 0) is 171 Å². The molecule has 0 amide bonds. The van der Waals surface area contributed by atoms with Crippen LogP contribution in [0.15, 0.2) is 291 Å². The third kappa shape index (κ3) is 7.75. The monoisotopic (exact) mass is 1110 g/mol. The van der Waals surface area contributed by atoms with Crippen molar-refractivity contribution in [3.63, 3.8) is 0 Å². The molecule has 0 atom stereocenters. The SMILES string of the molecule is CC1(C)c2ccccc2-c2ccc(-c3c4ccc(N(c5cccc6ccccc56)c5cccc6ccccc56)cc4c(-c4ccc5c(c4)C(C)(C)c4ccccc4-5)c4ccc(N(C5=C=CC=Cc6ccccc65)c5cccc6ccccc56)cc34)cc21. The molecule has 0 bridgehead atoms. The number of hydrogen-bond acceptors (Lipinski definition) is 2. The van der Waals surface area contributed by atoms with Crippen LogP contribution in [0.1, 0.15) is 61.1 Å². The topological polar surface area (TPSA) is 6.48 Å². The second-order valence-corrected chi connectivity index (χ2v) is 24.8. The van der Waals surface area contributed by atoms with Gasteiger partial charge in [0.25, 0.3) is 0 Å². The van der Waals surface area contributed by atoms with Gasteiger partial charge in [-0.2, -0.15) is 0 Å². The van der Waals surface area contributed by atoms with Gasteiger partial charge < -0.3 is 9.80 Å². The molecule has 14 aromatic carbocycles. The zero-order chi connectivity index (χ0) is 58.1. The lowest BCUT2D eigenvalue weighted by atomic mass is 9.79. The fourth-order valence-corrected chi connectivity index (χ4v) is 15.2. The molecule has 0 aliphatic heterocycles. The molecule has 0 heterocycles. The van der Waals surface area contributed by atoms with Crippen LogP contribution in [0.3, 0.4) is 0 Å². The van der Waals surface area contributed by atoms with Crippen LogP contribution in [0, 0.1) is 0 Å². The first-order chi connectivity index (χ1) is 42.7. The number of nitrogens with zero attached hydrogens (tertiary/aromatic N) is 2. The maximum absolute atomic E-state index is 3.84.